The van der Waals surface area contributed by atoms with E-state index in [2.05, 4.69) is 10.2 Å². The van der Waals surface area contributed by atoms with Crippen LogP contribution in [0.25, 0.3) is 0 Å². The SMILES string of the molecule is COc1ccc([C@@H](CNC(=O)c2ccccc2S[C@H]2CCS(=O)(=O)C2)N2CCOCC2)cc1. The summed E-state index contributed by atoms with van der Waals surface area (Å²) in [4.78, 5) is 16.3. The van der Waals surface area contributed by atoms with E-state index in [9.17, 15) is 13.2 Å². The highest BCUT2D eigenvalue weighted by Gasteiger charge is 2.30. The van der Waals surface area contributed by atoms with Crippen molar-refractivity contribution < 1.29 is 22.7 Å². The molecule has 0 radical (unpaired) electrons. The number of thioether (sulfide) groups is 1. The summed E-state index contributed by atoms with van der Waals surface area (Å²) >= 11 is 1.49. The van der Waals surface area contributed by atoms with E-state index in [1.165, 1.54) is 11.8 Å². The van der Waals surface area contributed by atoms with Gasteiger partial charge in [-0.1, -0.05) is 24.3 Å². The number of amides is 1. The second kappa shape index (κ2) is 10.9. The molecule has 178 valence electrons. The van der Waals surface area contributed by atoms with Crippen LogP contribution in [0.5, 0.6) is 5.75 Å². The van der Waals surface area contributed by atoms with Gasteiger partial charge in [0.1, 0.15) is 5.75 Å². The van der Waals surface area contributed by atoms with Crippen LogP contribution in [0.4, 0.5) is 0 Å². The van der Waals surface area contributed by atoms with Crippen molar-refractivity contribution in [3.05, 3.63) is 59.7 Å². The molecule has 7 nitrogen and oxygen atoms in total. The van der Waals surface area contributed by atoms with Crippen LogP contribution in [0.1, 0.15) is 28.4 Å². The van der Waals surface area contributed by atoms with E-state index in [1.54, 1.807) is 13.2 Å². The molecule has 2 aromatic carbocycles. The molecule has 2 aliphatic heterocycles. The van der Waals surface area contributed by atoms with E-state index in [-0.39, 0.29) is 28.7 Å². The summed E-state index contributed by atoms with van der Waals surface area (Å²) in [6.45, 7) is 3.40. The highest BCUT2D eigenvalue weighted by Crippen LogP contribution is 2.33. The Balaban J connectivity index is 1.47. The van der Waals surface area contributed by atoms with Crippen LogP contribution >= 0.6 is 11.8 Å². The summed E-state index contributed by atoms with van der Waals surface area (Å²) in [7, 11) is -1.32. The van der Waals surface area contributed by atoms with Crippen molar-refractivity contribution >= 4 is 27.5 Å². The molecule has 1 amide bonds. The van der Waals surface area contributed by atoms with Crippen molar-refractivity contribution in [3.63, 3.8) is 0 Å². The first kappa shape index (κ1) is 24.1. The van der Waals surface area contributed by atoms with Gasteiger partial charge in [0.25, 0.3) is 5.91 Å². The molecule has 2 heterocycles. The summed E-state index contributed by atoms with van der Waals surface area (Å²) in [6.07, 6.45) is 0.625. The molecule has 9 heteroatoms. The van der Waals surface area contributed by atoms with Crippen molar-refractivity contribution in [1.29, 1.82) is 0 Å². The highest BCUT2D eigenvalue weighted by atomic mass is 32.2. The predicted octanol–water partition coefficient (Wildman–Crippen LogP) is 2.78. The Bertz CT molecular complexity index is 1050. The molecule has 2 aliphatic rings. The lowest BCUT2D eigenvalue weighted by atomic mass is 10.0. The number of carbonyl (C=O) groups excluding carboxylic acids is 1. The molecule has 0 unspecified atom stereocenters. The molecule has 0 spiro atoms. The van der Waals surface area contributed by atoms with Gasteiger partial charge in [0.15, 0.2) is 9.84 Å². The average molecular weight is 491 g/mol. The fraction of sp³-hybridized carbons (Fsp3) is 0.458. The van der Waals surface area contributed by atoms with Crippen LogP contribution in [0.3, 0.4) is 0 Å². The zero-order chi connectivity index (χ0) is 23.3. The Labute approximate surface area is 199 Å². The maximum Gasteiger partial charge on any atom is 0.252 e. The van der Waals surface area contributed by atoms with Crippen LogP contribution < -0.4 is 10.1 Å². The predicted molar refractivity (Wildman–Crippen MR) is 130 cm³/mol. The number of benzene rings is 2. The summed E-state index contributed by atoms with van der Waals surface area (Å²) in [6, 6.07) is 15.4. The van der Waals surface area contributed by atoms with Crippen molar-refractivity contribution in [2.75, 3.05) is 51.5 Å². The number of rotatable bonds is 8. The first-order chi connectivity index (χ1) is 15.9. The van der Waals surface area contributed by atoms with Crippen molar-refractivity contribution in [2.24, 2.45) is 0 Å². The minimum absolute atomic E-state index is 0.00986. The highest BCUT2D eigenvalue weighted by molar-refractivity contribution is 8.02. The molecule has 33 heavy (non-hydrogen) atoms. The first-order valence-electron chi connectivity index (χ1n) is 11.2. The van der Waals surface area contributed by atoms with Gasteiger partial charge >= 0.3 is 0 Å². The minimum Gasteiger partial charge on any atom is -0.497 e. The zero-order valence-electron chi connectivity index (χ0n) is 18.7. The molecule has 0 aromatic heterocycles. The van der Waals surface area contributed by atoms with Gasteiger partial charge < -0.3 is 14.8 Å². The molecule has 1 N–H and O–H groups in total. The number of hydrogen-bond acceptors (Lipinski definition) is 7. The lowest BCUT2D eigenvalue weighted by molar-refractivity contribution is 0.0162. The zero-order valence-corrected chi connectivity index (χ0v) is 20.4. The van der Waals surface area contributed by atoms with E-state index in [0.29, 0.717) is 31.7 Å². The van der Waals surface area contributed by atoms with Crippen LogP contribution in [-0.2, 0) is 14.6 Å². The third-order valence-corrected chi connectivity index (χ3v) is 9.38. The maximum atomic E-state index is 13.2. The number of hydrogen-bond donors (Lipinski definition) is 1. The maximum absolute atomic E-state index is 13.2. The largest absolute Gasteiger partial charge is 0.497 e. The van der Waals surface area contributed by atoms with Crippen LogP contribution in [0.2, 0.25) is 0 Å². The molecule has 2 aromatic rings. The third-order valence-electron chi connectivity index (χ3n) is 6.06. The molecular formula is C24H30N2O5S2. The fourth-order valence-electron chi connectivity index (χ4n) is 4.25. The Morgan fingerprint density at radius 2 is 1.91 bits per heavy atom. The normalized spacial score (nSPS) is 21.4. The van der Waals surface area contributed by atoms with Gasteiger partial charge in [-0.15, -0.1) is 11.8 Å². The van der Waals surface area contributed by atoms with Gasteiger partial charge in [-0.25, -0.2) is 8.42 Å². The van der Waals surface area contributed by atoms with Crippen LogP contribution in [0, 0.1) is 0 Å². The van der Waals surface area contributed by atoms with E-state index < -0.39 is 9.84 Å². The van der Waals surface area contributed by atoms with E-state index >= 15 is 0 Å². The smallest absolute Gasteiger partial charge is 0.252 e. The van der Waals surface area contributed by atoms with Gasteiger partial charge in [0, 0.05) is 29.8 Å². The molecule has 0 bridgehead atoms. The molecule has 2 fully saturated rings. The van der Waals surface area contributed by atoms with Crippen molar-refractivity contribution in [1.82, 2.24) is 10.2 Å². The number of methoxy groups -OCH3 is 1. The Hall–Kier alpha value is -2.07. The van der Waals surface area contributed by atoms with Crippen molar-refractivity contribution in [3.8, 4) is 5.75 Å². The minimum atomic E-state index is -2.96. The monoisotopic (exact) mass is 490 g/mol. The third kappa shape index (κ3) is 6.29. The number of carbonyl (C=O) groups is 1. The van der Waals surface area contributed by atoms with Crippen LogP contribution in [-0.4, -0.2) is 75.9 Å². The Morgan fingerprint density at radius 1 is 1.18 bits per heavy atom. The second-order valence-electron chi connectivity index (χ2n) is 8.29. The Kier molecular flexibility index (Phi) is 7.95. The number of nitrogens with zero attached hydrogens (tertiary/aromatic N) is 1. The first-order valence-corrected chi connectivity index (χ1v) is 13.9. The standard InChI is InChI=1S/C24H30N2O5S2/c1-30-19-8-6-18(7-9-19)22(26-11-13-31-14-12-26)16-25-24(27)21-4-2-3-5-23(21)32-20-10-15-33(28,29)17-20/h2-9,20,22H,10-17H2,1H3,(H,25,27)/t20-,22+/m0/s1. The molecular weight excluding hydrogens is 460 g/mol. The average Bonchev–Trinajstić information content (AvgIpc) is 3.18. The number of morpholine rings is 1. The second-order valence-corrected chi connectivity index (χ2v) is 11.9. The summed E-state index contributed by atoms with van der Waals surface area (Å²) in [5.74, 6) is 1.04. The summed E-state index contributed by atoms with van der Waals surface area (Å²) < 4.78 is 34.5. The lowest BCUT2D eigenvalue weighted by Gasteiger charge is -2.35. The molecule has 0 saturated carbocycles. The van der Waals surface area contributed by atoms with Gasteiger partial charge in [0.2, 0.25) is 0 Å². The molecule has 4 rings (SSSR count). The summed E-state index contributed by atoms with van der Waals surface area (Å²) in [5.41, 5.74) is 1.69. The van der Waals surface area contributed by atoms with Crippen LogP contribution in [0.15, 0.2) is 53.4 Å². The van der Waals surface area contributed by atoms with E-state index in [0.717, 1.165) is 29.3 Å². The van der Waals surface area contributed by atoms with Gasteiger partial charge in [-0.2, -0.15) is 0 Å². The fourth-order valence-corrected chi connectivity index (χ4v) is 7.87. The quantitative estimate of drug-likeness (QED) is 0.609. The molecule has 2 atom stereocenters. The number of sulfone groups is 1. The van der Waals surface area contributed by atoms with E-state index in [1.807, 2.05) is 42.5 Å². The summed E-state index contributed by atoms with van der Waals surface area (Å²) in [5, 5.41) is 3.11. The van der Waals surface area contributed by atoms with Gasteiger partial charge in [-0.3, -0.25) is 9.69 Å². The van der Waals surface area contributed by atoms with Gasteiger partial charge in [0.05, 0.1) is 43.4 Å². The Morgan fingerprint density at radius 3 is 2.58 bits per heavy atom. The van der Waals surface area contributed by atoms with Crippen molar-refractivity contribution in [2.45, 2.75) is 22.6 Å². The lowest BCUT2D eigenvalue weighted by Crippen LogP contribution is -2.43. The molecule has 2 saturated heterocycles. The number of nitrogens with one attached hydrogen (secondary N) is 1. The van der Waals surface area contributed by atoms with E-state index in [4.69, 9.17) is 9.47 Å². The number of ether oxygens (including phenoxy) is 2. The topological polar surface area (TPSA) is 84.9 Å². The van der Waals surface area contributed by atoms with Gasteiger partial charge in [-0.05, 0) is 36.2 Å². The molecule has 0 aliphatic carbocycles.